The Morgan fingerprint density at radius 2 is 1.96 bits per heavy atom. The minimum Gasteiger partial charge on any atom is -0.496 e. The average molecular weight is 359 g/mol. The van der Waals surface area contributed by atoms with Gasteiger partial charge >= 0.3 is 0 Å². The predicted octanol–water partition coefficient (Wildman–Crippen LogP) is 3.85. The summed E-state index contributed by atoms with van der Waals surface area (Å²) < 4.78 is 21.5. The molecule has 1 atom stereocenters. The first kappa shape index (κ1) is 17.3. The zero-order valence-electron chi connectivity index (χ0n) is 15.1. The quantitative estimate of drug-likeness (QED) is 0.901. The van der Waals surface area contributed by atoms with Gasteiger partial charge in [-0.3, -0.25) is 0 Å². The lowest BCUT2D eigenvalue weighted by Gasteiger charge is -2.32. The molecule has 0 radical (unpaired) electrons. The van der Waals surface area contributed by atoms with E-state index in [-0.39, 0.29) is 18.0 Å². The largest absolute Gasteiger partial charge is 0.496 e. The smallest absolute Gasteiger partial charge is 0.127 e. The zero-order valence-corrected chi connectivity index (χ0v) is 15.1. The van der Waals surface area contributed by atoms with E-state index in [0.29, 0.717) is 6.04 Å². The molecule has 2 heterocycles. The van der Waals surface area contributed by atoms with E-state index in [9.17, 15) is 9.50 Å². The summed E-state index contributed by atoms with van der Waals surface area (Å²) in [6.07, 6.45) is 7.22. The molecule has 1 aliphatic carbocycles. The highest BCUT2D eigenvalue weighted by Gasteiger charge is 2.32. The lowest BCUT2D eigenvalue weighted by atomic mass is 9.93. The SMILES string of the molecule is COc1ccc(F)cc1C1CCCN1c1ccnn1C1CCC(O)CC1. The van der Waals surface area contributed by atoms with Crippen LogP contribution in [0.4, 0.5) is 10.2 Å². The van der Waals surface area contributed by atoms with Gasteiger partial charge in [0.2, 0.25) is 0 Å². The van der Waals surface area contributed by atoms with Gasteiger partial charge in [0.15, 0.2) is 0 Å². The van der Waals surface area contributed by atoms with Crippen LogP contribution in [0.1, 0.15) is 56.2 Å². The third kappa shape index (κ3) is 3.18. The van der Waals surface area contributed by atoms with Crippen molar-refractivity contribution >= 4 is 5.82 Å². The normalized spacial score (nSPS) is 26.3. The number of aliphatic hydroxyl groups excluding tert-OH is 1. The number of methoxy groups -OCH3 is 1. The number of rotatable bonds is 4. The molecule has 2 aliphatic rings. The van der Waals surface area contributed by atoms with Crippen molar-refractivity contribution in [3.05, 3.63) is 41.8 Å². The van der Waals surface area contributed by atoms with Crippen LogP contribution in [0, 0.1) is 5.82 Å². The molecule has 1 unspecified atom stereocenters. The number of anilines is 1. The molecule has 0 spiro atoms. The molecule has 2 aromatic rings. The molecular weight excluding hydrogens is 333 g/mol. The van der Waals surface area contributed by atoms with Gasteiger partial charge in [0.1, 0.15) is 17.4 Å². The highest BCUT2D eigenvalue weighted by molar-refractivity contribution is 5.48. The van der Waals surface area contributed by atoms with Gasteiger partial charge in [-0.2, -0.15) is 5.10 Å². The van der Waals surface area contributed by atoms with Gasteiger partial charge in [-0.15, -0.1) is 0 Å². The van der Waals surface area contributed by atoms with E-state index in [0.717, 1.165) is 62.2 Å². The second-order valence-electron chi connectivity index (χ2n) is 7.33. The second-order valence-corrected chi connectivity index (χ2v) is 7.33. The third-order valence-corrected chi connectivity index (χ3v) is 5.76. The molecule has 1 N–H and O–H groups in total. The van der Waals surface area contributed by atoms with Gasteiger partial charge in [0.25, 0.3) is 0 Å². The van der Waals surface area contributed by atoms with Crippen molar-refractivity contribution in [2.24, 2.45) is 0 Å². The van der Waals surface area contributed by atoms with Crippen molar-refractivity contribution in [3.8, 4) is 5.75 Å². The van der Waals surface area contributed by atoms with E-state index < -0.39 is 0 Å². The third-order valence-electron chi connectivity index (χ3n) is 5.76. The van der Waals surface area contributed by atoms with Crippen LogP contribution < -0.4 is 9.64 Å². The summed E-state index contributed by atoms with van der Waals surface area (Å²) in [4.78, 5) is 2.33. The zero-order chi connectivity index (χ0) is 18.1. The number of ether oxygens (including phenoxy) is 1. The summed E-state index contributed by atoms with van der Waals surface area (Å²) in [6.45, 7) is 0.922. The minimum absolute atomic E-state index is 0.0882. The lowest BCUT2D eigenvalue weighted by Crippen LogP contribution is -2.29. The Labute approximate surface area is 153 Å². The van der Waals surface area contributed by atoms with Crippen molar-refractivity contribution in [3.63, 3.8) is 0 Å². The fraction of sp³-hybridized carbons (Fsp3) is 0.550. The van der Waals surface area contributed by atoms with E-state index in [4.69, 9.17) is 4.74 Å². The number of aromatic nitrogens is 2. The van der Waals surface area contributed by atoms with E-state index in [1.165, 1.54) is 6.07 Å². The molecule has 26 heavy (non-hydrogen) atoms. The molecule has 140 valence electrons. The lowest BCUT2D eigenvalue weighted by molar-refractivity contribution is 0.108. The Morgan fingerprint density at radius 1 is 1.15 bits per heavy atom. The maximum atomic E-state index is 13.9. The van der Waals surface area contributed by atoms with Crippen molar-refractivity contribution < 1.29 is 14.2 Å². The number of aliphatic hydroxyl groups is 1. The summed E-state index contributed by atoms with van der Waals surface area (Å²) in [5.74, 6) is 1.58. The van der Waals surface area contributed by atoms with E-state index in [1.54, 1.807) is 19.2 Å². The fourth-order valence-corrected chi connectivity index (χ4v) is 4.45. The van der Waals surface area contributed by atoms with Crippen LogP contribution in [0.3, 0.4) is 0 Å². The molecular formula is C20H26FN3O2. The van der Waals surface area contributed by atoms with E-state index in [1.807, 2.05) is 6.20 Å². The summed E-state index contributed by atoms with van der Waals surface area (Å²) in [5, 5.41) is 14.4. The van der Waals surface area contributed by atoms with Crippen LogP contribution in [-0.2, 0) is 0 Å². The fourth-order valence-electron chi connectivity index (χ4n) is 4.45. The first-order valence-electron chi connectivity index (χ1n) is 9.49. The number of halogens is 1. The second kappa shape index (κ2) is 7.27. The van der Waals surface area contributed by atoms with Crippen LogP contribution in [0.2, 0.25) is 0 Å². The highest BCUT2D eigenvalue weighted by atomic mass is 19.1. The molecule has 1 aromatic heterocycles. The topological polar surface area (TPSA) is 50.5 Å². The Morgan fingerprint density at radius 3 is 2.73 bits per heavy atom. The van der Waals surface area contributed by atoms with Crippen LogP contribution in [0.5, 0.6) is 5.75 Å². The van der Waals surface area contributed by atoms with Crippen LogP contribution in [0.25, 0.3) is 0 Å². The Hall–Kier alpha value is -2.08. The Kier molecular flexibility index (Phi) is 4.85. The van der Waals surface area contributed by atoms with Gasteiger partial charge in [0, 0.05) is 18.2 Å². The highest BCUT2D eigenvalue weighted by Crippen LogP contribution is 2.41. The van der Waals surface area contributed by atoms with Crippen LogP contribution in [0.15, 0.2) is 30.5 Å². The van der Waals surface area contributed by atoms with Crippen molar-refractivity contribution in [2.45, 2.75) is 56.7 Å². The maximum Gasteiger partial charge on any atom is 0.127 e. The Bertz CT molecular complexity index is 755. The van der Waals surface area contributed by atoms with Crippen LogP contribution in [-0.4, -0.2) is 34.6 Å². The van der Waals surface area contributed by atoms with Gasteiger partial charge in [-0.25, -0.2) is 9.07 Å². The van der Waals surface area contributed by atoms with Gasteiger partial charge in [0.05, 0.1) is 31.5 Å². The van der Waals surface area contributed by atoms with E-state index in [2.05, 4.69) is 20.7 Å². The molecule has 6 heteroatoms. The average Bonchev–Trinajstić information content (AvgIpc) is 3.31. The molecule has 1 aliphatic heterocycles. The molecule has 4 rings (SSSR count). The molecule has 1 saturated heterocycles. The minimum atomic E-state index is -0.234. The van der Waals surface area contributed by atoms with Crippen molar-refractivity contribution in [1.29, 1.82) is 0 Å². The summed E-state index contributed by atoms with van der Waals surface area (Å²) in [5.41, 5.74) is 0.900. The van der Waals surface area contributed by atoms with Gasteiger partial charge in [-0.05, 0) is 56.7 Å². The van der Waals surface area contributed by atoms with Gasteiger partial charge in [-0.1, -0.05) is 0 Å². The first-order chi connectivity index (χ1) is 12.7. The molecule has 2 fully saturated rings. The number of benzene rings is 1. The Balaban J connectivity index is 1.64. The molecule has 5 nitrogen and oxygen atoms in total. The summed E-state index contributed by atoms with van der Waals surface area (Å²) >= 11 is 0. The first-order valence-corrected chi connectivity index (χ1v) is 9.49. The molecule has 1 saturated carbocycles. The van der Waals surface area contributed by atoms with Crippen molar-refractivity contribution in [1.82, 2.24) is 9.78 Å². The van der Waals surface area contributed by atoms with Crippen molar-refractivity contribution in [2.75, 3.05) is 18.6 Å². The number of hydrogen-bond donors (Lipinski definition) is 1. The molecule has 1 aromatic carbocycles. The standard InChI is InChI=1S/C20H26FN3O2/c1-26-19-9-4-14(21)13-17(19)18-3-2-12-23(18)20-10-11-22-24(20)15-5-7-16(25)8-6-15/h4,9-11,13,15-16,18,25H,2-3,5-8,12H2,1H3. The van der Waals surface area contributed by atoms with E-state index >= 15 is 0 Å². The molecule has 0 bridgehead atoms. The maximum absolute atomic E-state index is 13.9. The predicted molar refractivity (Wildman–Crippen MR) is 98.0 cm³/mol. The van der Waals surface area contributed by atoms with Gasteiger partial charge < -0.3 is 14.7 Å². The summed E-state index contributed by atoms with van der Waals surface area (Å²) in [7, 11) is 1.63. The van der Waals surface area contributed by atoms with Crippen LogP contribution >= 0.6 is 0 Å². The monoisotopic (exact) mass is 359 g/mol. The number of hydrogen-bond acceptors (Lipinski definition) is 4. The number of nitrogens with zero attached hydrogens (tertiary/aromatic N) is 3. The molecule has 0 amide bonds. The summed E-state index contributed by atoms with van der Waals surface area (Å²) in [6, 6.07) is 7.21.